The van der Waals surface area contributed by atoms with E-state index in [0.717, 1.165) is 4.90 Å². The zero-order valence-electron chi connectivity index (χ0n) is 12.3. The lowest BCUT2D eigenvalue weighted by molar-refractivity contribution is 0.0159. The number of nitrogens with one attached hydrogen (secondary N) is 1. The molecule has 0 spiro atoms. The molecule has 122 valence electrons. The van der Waals surface area contributed by atoms with Crippen molar-refractivity contribution in [3.8, 4) is 11.3 Å². The Morgan fingerprint density at radius 1 is 1.39 bits per heavy atom. The number of aromatic nitrogens is 1. The van der Waals surface area contributed by atoms with Gasteiger partial charge in [0.15, 0.2) is 11.6 Å². The zero-order chi connectivity index (χ0) is 16.6. The Morgan fingerprint density at radius 2 is 2.13 bits per heavy atom. The minimum atomic E-state index is -2.87. The molecule has 1 aliphatic rings. The van der Waals surface area contributed by atoms with E-state index in [1.807, 2.05) is 0 Å². The lowest BCUT2D eigenvalue weighted by atomic mass is 10.1. The number of rotatable bonds is 2. The Kier molecular flexibility index (Phi) is 3.75. The molecule has 0 saturated carbocycles. The second-order valence-electron chi connectivity index (χ2n) is 5.42. The molecule has 1 aromatic heterocycles. The van der Waals surface area contributed by atoms with Gasteiger partial charge in [-0.25, -0.2) is 18.0 Å². The number of likely N-dealkylation sites (tertiary alicyclic amines) is 1. The monoisotopic (exact) mass is 325 g/mol. The summed E-state index contributed by atoms with van der Waals surface area (Å²) in [5.74, 6) is -3.08. The van der Waals surface area contributed by atoms with E-state index in [9.17, 15) is 18.0 Å². The third kappa shape index (κ3) is 3.01. The number of amides is 2. The van der Waals surface area contributed by atoms with Gasteiger partial charge in [-0.05, 0) is 19.1 Å². The number of benzene rings is 1. The predicted octanol–water partition coefficient (Wildman–Crippen LogP) is 3.66. The fourth-order valence-electron chi connectivity index (χ4n) is 2.44. The fraction of sp³-hybridized carbons (Fsp3) is 0.333. The van der Waals surface area contributed by atoms with Crippen molar-refractivity contribution in [2.75, 3.05) is 18.4 Å². The molecular formula is C15H14F3N3O2. The van der Waals surface area contributed by atoms with Crippen molar-refractivity contribution in [1.82, 2.24) is 10.1 Å². The quantitative estimate of drug-likeness (QED) is 0.916. The van der Waals surface area contributed by atoms with Gasteiger partial charge in [-0.1, -0.05) is 17.3 Å². The Hall–Kier alpha value is -2.51. The highest BCUT2D eigenvalue weighted by atomic mass is 19.3. The zero-order valence-corrected chi connectivity index (χ0v) is 12.3. The molecule has 5 nitrogen and oxygen atoms in total. The summed E-state index contributed by atoms with van der Waals surface area (Å²) in [4.78, 5) is 13.0. The Balaban J connectivity index is 1.78. The molecule has 2 aromatic rings. The van der Waals surface area contributed by atoms with Crippen molar-refractivity contribution >= 4 is 11.8 Å². The van der Waals surface area contributed by atoms with Crippen LogP contribution in [0.1, 0.15) is 12.0 Å². The Labute approximate surface area is 130 Å². The summed E-state index contributed by atoms with van der Waals surface area (Å²) < 4.78 is 45.2. The van der Waals surface area contributed by atoms with Crippen LogP contribution >= 0.6 is 0 Å². The molecule has 0 aliphatic carbocycles. The smallest absolute Gasteiger partial charge is 0.323 e. The lowest BCUT2D eigenvalue weighted by Gasteiger charge is -2.15. The molecule has 3 rings (SSSR count). The topological polar surface area (TPSA) is 58.4 Å². The van der Waals surface area contributed by atoms with Gasteiger partial charge in [0.05, 0.1) is 12.1 Å². The molecule has 1 fully saturated rings. The van der Waals surface area contributed by atoms with Crippen LogP contribution in [0.15, 0.2) is 28.8 Å². The number of anilines is 1. The van der Waals surface area contributed by atoms with Crippen LogP contribution in [0.2, 0.25) is 0 Å². The standard InChI is InChI=1S/C15H14F3N3O2/c1-9-12(10-4-2-3-5-11(10)16)23-20-13(9)19-14(22)21-7-6-15(17,18)8-21/h2-5H,6-8H2,1H3,(H,19,20,22). The van der Waals surface area contributed by atoms with Gasteiger partial charge in [0, 0.05) is 18.5 Å². The lowest BCUT2D eigenvalue weighted by Crippen LogP contribution is -2.35. The van der Waals surface area contributed by atoms with Gasteiger partial charge in [0.2, 0.25) is 0 Å². The summed E-state index contributed by atoms with van der Waals surface area (Å²) in [6.07, 6.45) is -0.362. The molecule has 0 radical (unpaired) electrons. The summed E-state index contributed by atoms with van der Waals surface area (Å²) in [6.45, 7) is 0.943. The van der Waals surface area contributed by atoms with Crippen LogP contribution in [-0.2, 0) is 0 Å². The van der Waals surface area contributed by atoms with E-state index >= 15 is 0 Å². The Morgan fingerprint density at radius 3 is 2.78 bits per heavy atom. The molecule has 1 aliphatic heterocycles. The normalized spacial score (nSPS) is 16.6. The van der Waals surface area contributed by atoms with E-state index in [1.54, 1.807) is 19.1 Å². The number of hydrogen-bond donors (Lipinski definition) is 1. The average molecular weight is 325 g/mol. The maximum absolute atomic E-state index is 13.8. The van der Waals surface area contributed by atoms with Crippen LogP contribution in [0, 0.1) is 12.7 Å². The molecule has 23 heavy (non-hydrogen) atoms. The van der Waals surface area contributed by atoms with Crippen molar-refractivity contribution < 1.29 is 22.5 Å². The molecule has 0 bridgehead atoms. The van der Waals surface area contributed by atoms with Gasteiger partial charge in [0.1, 0.15) is 5.82 Å². The molecule has 2 heterocycles. The first kappa shape index (κ1) is 15.4. The maximum Gasteiger partial charge on any atom is 0.323 e. The minimum Gasteiger partial charge on any atom is -0.354 e. The second-order valence-corrected chi connectivity index (χ2v) is 5.42. The molecular weight excluding hydrogens is 311 g/mol. The second kappa shape index (κ2) is 5.60. The molecule has 1 N–H and O–H groups in total. The molecule has 0 atom stereocenters. The highest BCUT2D eigenvalue weighted by Gasteiger charge is 2.40. The number of carbonyl (C=O) groups is 1. The van der Waals surface area contributed by atoms with Gasteiger partial charge in [-0.2, -0.15) is 0 Å². The maximum atomic E-state index is 13.8. The van der Waals surface area contributed by atoms with Gasteiger partial charge < -0.3 is 9.42 Å². The number of carbonyl (C=O) groups excluding carboxylic acids is 1. The van der Waals surface area contributed by atoms with Crippen LogP contribution in [0.5, 0.6) is 0 Å². The van der Waals surface area contributed by atoms with Gasteiger partial charge >= 0.3 is 6.03 Å². The molecule has 1 saturated heterocycles. The molecule has 0 unspecified atom stereocenters. The number of alkyl halides is 2. The van der Waals surface area contributed by atoms with Crippen LogP contribution in [0.25, 0.3) is 11.3 Å². The third-order valence-corrected chi connectivity index (χ3v) is 3.72. The van der Waals surface area contributed by atoms with Crippen molar-refractivity contribution in [1.29, 1.82) is 0 Å². The van der Waals surface area contributed by atoms with Crippen LogP contribution < -0.4 is 5.32 Å². The number of halogens is 3. The largest absolute Gasteiger partial charge is 0.354 e. The Bertz CT molecular complexity index is 745. The van der Waals surface area contributed by atoms with E-state index in [-0.39, 0.29) is 30.1 Å². The summed E-state index contributed by atoms with van der Waals surface area (Å²) in [5.41, 5.74) is 0.639. The summed E-state index contributed by atoms with van der Waals surface area (Å²) >= 11 is 0. The number of nitrogens with zero attached hydrogens (tertiary/aromatic N) is 2. The van der Waals surface area contributed by atoms with Crippen molar-refractivity contribution in [2.24, 2.45) is 0 Å². The minimum absolute atomic E-state index is 0.0318. The van der Waals surface area contributed by atoms with E-state index in [2.05, 4.69) is 10.5 Å². The predicted molar refractivity (Wildman–Crippen MR) is 76.8 cm³/mol. The third-order valence-electron chi connectivity index (χ3n) is 3.72. The highest BCUT2D eigenvalue weighted by molar-refractivity contribution is 5.90. The molecule has 8 heteroatoms. The number of hydrogen-bond acceptors (Lipinski definition) is 3. The van der Waals surface area contributed by atoms with Crippen LogP contribution in [0.3, 0.4) is 0 Å². The summed E-state index contributed by atoms with van der Waals surface area (Å²) in [5, 5.41) is 6.12. The van der Waals surface area contributed by atoms with E-state index in [4.69, 9.17) is 4.52 Å². The average Bonchev–Trinajstić information content (AvgIpc) is 3.03. The summed E-state index contributed by atoms with van der Waals surface area (Å²) in [6, 6.07) is 5.31. The van der Waals surface area contributed by atoms with Crippen molar-refractivity contribution in [2.45, 2.75) is 19.3 Å². The van der Waals surface area contributed by atoms with E-state index in [0.29, 0.717) is 5.56 Å². The fourth-order valence-corrected chi connectivity index (χ4v) is 2.44. The van der Waals surface area contributed by atoms with Crippen molar-refractivity contribution in [3.63, 3.8) is 0 Å². The first-order valence-corrected chi connectivity index (χ1v) is 7.02. The van der Waals surface area contributed by atoms with Crippen molar-refractivity contribution in [3.05, 3.63) is 35.6 Å². The molecule has 2 amide bonds. The van der Waals surface area contributed by atoms with Crippen LogP contribution in [0.4, 0.5) is 23.8 Å². The van der Waals surface area contributed by atoms with E-state index in [1.165, 1.54) is 12.1 Å². The summed E-state index contributed by atoms with van der Waals surface area (Å²) in [7, 11) is 0. The highest BCUT2D eigenvalue weighted by Crippen LogP contribution is 2.31. The van der Waals surface area contributed by atoms with Gasteiger partial charge in [-0.15, -0.1) is 0 Å². The van der Waals surface area contributed by atoms with Gasteiger partial charge in [0.25, 0.3) is 5.92 Å². The van der Waals surface area contributed by atoms with Gasteiger partial charge in [-0.3, -0.25) is 5.32 Å². The SMILES string of the molecule is Cc1c(NC(=O)N2CCC(F)(F)C2)noc1-c1ccccc1F. The number of urea groups is 1. The first-order chi connectivity index (χ1) is 10.9. The van der Waals surface area contributed by atoms with Crippen LogP contribution in [-0.4, -0.2) is 35.1 Å². The van der Waals surface area contributed by atoms with E-state index < -0.39 is 24.3 Å². The molecule has 1 aromatic carbocycles. The first-order valence-electron chi connectivity index (χ1n) is 7.02.